The summed E-state index contributed by atoms with van der Waals surface area (Å²) in [5.74, 6) is -2.00. The first-order valence-electron chi connectivity index (χ1n) is 12.9. The molecule has 6 heteroatoms. The molecule has 0 radical (unpaired) electrons. The Kier molecular flexibility index (Phi) is 17.2. The summed E-state index contributed by atoms with van der Waals surface area (Å²) >= 11 is 0. The highest BCUT2D eigenvalue weighted by molar-refractivity contribution is 5.64. The summed E-state index contributed by atoms with van der Waals surface area (Å²) in [5.41, 5.74) is 2.81. The van der Waals surface area contributed by atoms with Gasteiger partial charge in [0.05, 0.1) is 42.3 Å². The van der Waals surface area contributed by atoms with Crippen LogP contribution in [0.3, 0.4) is 0 Å². The molecule has 0 aliphatic rings. The molecular weight excluding hydrogens is 452 g/mol. The average molecular weight is 501 g/mol. The quantitative estimate of drug-likeness (QED) is 0.312. The molecule has 0 bridgehead atoms. The number of carboxylic acids is 2. The number of carbonyl (C=O) groups excluding carboxylic acids is 2. The number of nitrogens with zero attached hydrogens (tertiary/aromatic N) is 2. The number of carbonyl (C=O) groups is 2. The molecule has 0 atom stereocenters. The topological polar surface area (TPSA) is 80.3 Å². The monoisotopic (exact) mass is 500 g/mol. The molecule has 0 aromatic heterocycles. The lowest BCUT2D eigenvalue weighted by molar-refractivity contribution is -0.884. The number of unbranched alkanes of at least 4 members (excludes halogenated alkanes) is 5. The molecule has 0 fully saturated rings. The minimum atomic E-state index is -0.998. The molecule has 0 N–H and O–H groups in total. The second-order valence-electron chi connectivity index (χ2n) is 11.2. The van der Waals surface area contributed by atoms with E-state index in [1.54, 1.807) is 0 Å². The number of carboxylic acid groups (broad SMARTS) is 2. The van der Waals surface area contributed by atoms with Crippen LogP contribution in [0.5, 0.6) is 0 Å². The van der Waals surface area contributed by atoms with Gasteiger partial charge in [0.2, 0.25) is 0 Å². The molecule has 0 heterocycles. The van der Waals surface area contributed by atoms with Gasteiger partial charge in [-0.15, -0.1) is 0 Å². The average Bonchev–Trinajstić information content (AvgIpc) is 2.75. The Morgan fingerprint density at radius 3 is 1.06 bits per heavy atom. The van der Waals surface area contributed by atoms with Crippen LogP contribution in [0.4, 0.5) is 0 Å². The maximum Gasteiger partial charge on any atom is 0.104 e. The van der Waals surface area contributed by atoms with E-state index >= 15 is 0 Å². The molecule has 0 amide bonds. The standard InChI is InChI=1S/2C10H16N.C10H18O4/c2*1-11(2,3)9-10-7-5-4-6-8-10;11-9(12)7-5-3-1-2-4-6-8-10(13)14/h2*4-8H,9H2,1-3H3;1-8H2,(H,11,12)(H,13,14)/q2*+1;/p-2. The normalized spacial score (nSPS) is 10.9. The Morgan fingerprint density at radius 1 is 0.528 bits per heavy atom. The van der Waals surface area contributed by atoms with Crippen molar-refractivity contribution in [3.63, 3.8) is 0 Å². The summed E-state index contributed by atoms with van der Waals surface area (Å²) in [6.45, 7) is 2.20. The van der Waals surface area contributed by atoms with Gasteiger partial charge >= 0.3 is 0 Å². The smallest absolute Gasteiger partial charge is 0.104 e. The van der Waals surface area contributed by atoms with Gasteiger partial charge in [-0.1, -0.05) is 86.3 Å². The molecule has 6 nitrogen and oxygen atoms in total. The summed E-state index contributed by atoms with van der Waals surface area (Å²) in [7, 11) is 13.2. The van der Waals surface area contributed by atoms with E-state index in [0.717, 1.165) is 47.7 Å². The van der Waals surface area contributed by atoms with Crippen molar-refractivity contribution in [3.05, 3.63) is 71.8 Å². The SMILES string of the molecule is C[N+](C)(C)Cc1ccccc1.C[N+](C)(C)Cc1ccccc1.O=C([O-])CCCCCCCCC(=O)[O-]. The van der Waals surface area contributed by atoms with Gasteiger partial charge in [-0.05, 0) is 25.7 Å². The van der Waals surface area contributed by atoms with Crippen molar-refractivity contribution in [1.29, 1.82) is 0 Å². The molecular formula is C30H48N2O4. The van der Waals surface area contributed by atoms with Gasteiger partial charge in [-0.3, -0.25) is 0 Å². The largest absolute Gasteiger partial charge is 0.550 e. The number of hydrogen-bond acceptors (Lipinski definition) is 4. The maximum atomic E-state index is 10.0. The van der Waals surface area contributed by atoms with Crippen LogP contribution in [0.1, 0.15) is 62.5 Å². The lowest BCUT2D eigenvalue weighted by Crippen LogP contribution is -2.33. The molecule has 2 rings (SSSR count). The first-order chi connectivity index (χ1) is 16.8. The second kappa shape index (κ2) is 18.6. The summed E-state index contributed by atoms with van der Waals surface area (Å²) < 4.78 is 1.98. The Morgan fingerprint density at radius 2 is 0.806 bits per heavy atom. The van der Waals surface area contributed by atoms with Gasteiger partial charge in [0, 0.05) is 23.1 Å². The zero-order valence-corrected chi connectivity index (χ0v) is 23.4. The lowest BCUT2D eigenvalue weighted by Gasteiger charge is -2.23. The highest BCUT2D eigenvalue weighted by atomic mass is 16.4. The molecule has 202 valence electrons. The highest BCUT2D eigenvalue weighted by Gasteiger charge is 2.07. The van der Waals surface area contributed by atoms with E-state index < -0.39 is 11.9 Å². The van der Waals surface area contributed by atoms with Crippen LogP contribution in [0.25, 0.3) is 0 Å². The minimum absolute atomic E-state index is 0.124. The minimum Gasteiger partial charge on any atom is -0.550 e. The predicted octanol–water partition coefficient (Wildman–Crippen LogP) is 3.39. The fourth-order valence-electron chi connectivity index (χ4n) is 3.51. The molecule has 0 aliphatic heterocycles. The Hall–Kier alpha value is -2.70. The van der Waals surface area contributed by atoms with Crippen LogP contribution in [-0.2, 0) is 22.7 Å². The summed E-state index contributed by atoms with van der Waals surface area (Å²) in [6.07, 6.45) is 5.23. The summed E-state index contributed by atoms with van der Waals surface area (Å²) in [6, 6.07) is 21.1. The second-order valence-corrected chi connectivity index (χ2v) is 11.2. The first kappa shape index (κ1) is 33.3. The zero-order valence-electron chi connectivity index (χ0n) is 23.4. The van der Waals surface area contributed by atoms with Gasteiger partial charge in [-0.25, -0.2) is 0 Å². The third-order valence-corrected chi connectivity index (χ3v) is 5.01. The maximum absolute atomic E-state index is 10.0. The Balaban J connectivity index is 0.000000515. The summed E-state index contributed by atoms with van der Waals surface area (Å²) in [5, 5.41) is 20.1. The Labute approximate surface area is 219 Å². The predicted molar refractivity (Wildman–Crippen MR) is 143 cm³/mol. The van der Waals surface area contributed by atoms with Crippen molar-refractivity contribution in [3.8, 4) is 0 Å². The van der Waals surface area contributed by atoms with Crippen LogP contribution >= 0.6 is 0 Å². The zero-order chi connectivity index (χ0) is 27.5. The molecule has 36 heavy (non-hydrogen) atoms. The van der Waals surface area contributed by atoms with Gasteiger partial charge in [0.25, 0.3) is 0 Å². The highest BCUT2D eigenvalue weighted by Crippen LogP contribution is 2.08. The van der Waals surface area contributed by atoms with E-state index in [1.165, 1.54) is 11.1 Å². The third-order valence-electron chi connectivity index (χ3n) is 5.01. The van der Waals surface area contributed by atoms with Gasteiger partial charge in [0.1, 0.15) is 13.1 Å². The molecule has 0 aliphatic carbocycles. The van der Waals surface area contributed by atoms with E-state index in [-0.39, 0.29) is 12.8 Å². The molecule has 0 saturated carbocycles. The molecule has 2 aromatic rings. The lowest BCUT2D eigenvalue weighted by atomic mass is 10.1. The molecule has 0 spiro atoms. The van der Waals surface area contributed by atoms with Crippen LogP contribution in [0.2, 0.25) is 0 Å². The van der Waals surface area contributed by atoms with Crippen LogP contribution in [0.15, 0.2) is 60.7 Å². The van der Waals surface area contributed by atoms with Crippen molar-refractivity contribution < 1.29 is 28.8 Å². The first-order valence-corrected chi connectivity index (χ1v) is 12.9. The van der Waals surface area contributed by atoms with Crippen LogP contribution < -0.4 is 10.2 Å². The van der Waals surface area contributed by atoms with Crippen molar-refractivity contribution in [2.45, 2.75) is 64.5 Å². The van der Waals surface area contributed by atoms with E-state index in [9.17, 15) is 19.8 Å². The number of benzene rings is 2. The molecule has 0 saturated heterocycles. The van der Waals surface area contributed by atoms with Crippen molar-refractivity contribution in [2.75, 3.05) is 42.3 Å². The van der Waals surface area contributed by atoms with E-state index in [1.807, 2.05) is 0 Å². The molecule has 2 aromatic carbocycles. The van der Waals surface area contributed by atoms with Crippen LogP contribution in [-0.4, -0.2) is 63.2 Å². The molecule has 0 unspecified atom stereocenters. The van der Waals surface area contributed by atoms with Gasteiger partial charge in [0.15, 0.2) is 0 Å². The van der Waals surface area contributed by atoms with E-state index in [4.69, 9.17) is 0 Å². The van der Waals surface area contributed by atoms with Crippen molar-refractivity contribution >= 4 is 11.9 Å². The van der Waals surface area contributed by atoms with E-state index in [0.29, 0.717) is 12.8 Å². The van der Waals surface area contributed by atoms with Crippen molar-refractivity contribution in [1.82, 2.24) is 0 Å². The number of quaternary nitrogens is 2. The third kappa shape index (κ3) is 24.4. The van der Waals surface area contributed by atoms with Crippen molar-refractivity contribution in [2.24, 2.45) is 0 Å². The fraction of sp³-hybridized carbons (Fsp3) is 0.533. The van der Waals surface area contributed by atoms with E-state index in [2.05, 4.69) is 103 Å². The fourth-order valence-corrected chi connectivity index (χ4v) is 3.51. The van der Waals surface area contributed by atoms with Gasteiger partial charge < -0.3 is 28.8 Å². The number of rotatable bonds is 13. The Bertz CT molecular complexity index is 754. The number of hydrogen-bond donors (Lipinski definition) is 0. The summed E-state index contributed by atoms with van der Waals surface area (Å²) in [4.78, 5) is 20.1. The van der Waals surface area contributed by atoms with Gasteiger partial charge in [-0.2, -0.15) is 0 Å². The van der Waals surface area contributed by atoms with Crippen LogP contribution in [0, 0.1) is 0 Å². The number of aliphatic carboxylic acids is 2.